The number of hydrogen-bond acceptors (Lipinski definition) is 4. The van der Waals surface area contributed by atoms with Crippen LogP contribution < -0.4 is 5.32 Å². The van der Waals surface area contributed by atoms with Gasteiger partial charge in [0.25, 0.3) is 0 Å². The van der Waals surface area contributed by atoms with Crippen LogP contribution in [0.2, 0.25) is 0 Å². The summed E-state index contributed by atoms with van der Waals surface area (Å²) in [5.74, 6) is 1.49. The highest BCUT2D eigenvalue weighted by Crippen LogP contribution is 2.22. The van der Waals surface area contributed by atoms with Crippen LogP contribution in [0.5, 0.6) is 0 Å². The zero-order valence-corrected chi connectivity index (χ0v) is 15.0. The van der Waals surface area contributed by atoms with Gasteiger partial charge >= 0.3 is 0 Å². The quantitative estimate of drug-likeness (QED) is 0.593. The lowest BCUT2D eigenvalue weighted by molar-refractivity contribution is 0.805. The highest BCUT2D eigenvalue weighted by atomic mass is 15.3. The summed E-state index contributed by atoms with van der Waals surface area (Å²) in [7, 11) is 0. The van der Waals surface area contributed by atoms with Gasteiger partial charge in [-0.3, -0.25) is 0 Å². The molecule has 5 nitrogen and oxygen atoms in total. The summed E-state index contributed by atoms with van der Waals surface area (Å²) in [6.07, 6.45) is 0.923. The molecule has 0 saturated carbocycles. The van der Waals surface area contributed by atoms with Crippen molar-refractivity contribution in [3.8, 4) is 5.82 Å². The van der Waals surface area contributed by atoms with Crippen LogP contribution in [0.25, 0.3) is 16.9 Å². The lowest BCUT2D eigenvalue weighted by Crippen LogP contribution is -2.13. The third-order valence-electron chi connectivity index (χ3n) is 4.31. The summed E-state index contributed by atoms with van der Waals surface area (Å²) in [5.41, 5.74) is 5.04. The molecule has 0 aliphatic heterocycles. The van der Waals surface area contributed by atoms with Crippen molar-refractivity contribution >= 4 is 16.9 Å². The van der Waals surface area contributed by atoms with E-state index in [-0.39, 0.29) is 0 Å². The number of hydrogen-bond donors (Lipinski definition) is 1. The van der Waals surface area contributed by atoms with E-state index in [0.717, 1.165) is 47.0 Å². The number of aryl methyl sites for hydroxylation is 2. The van der Waals surface area contributed by atoms with E-state index < -0.39 is 0 Å². The van der Waals surface area contributed by atoms with Gasteiger partial charge in [0.1, 0.15) is 0 Å². The Labute approximate surface area is 152 Å². The van der Waals surface area contributed by atoms with E-state index in [1.807, 2.05) is 54.9 Å². The molecule has 2 aromatic carbocycles. The summed E-state index contributed by atoms with van der Waals surface area (Å²) in [5, 5.41) is 8.04. The molecule has 0 aliphatic rings. The maximum atomic E-state index is 4.82. The smallest absolute Gasteiger partial charge is 0.197 e. The van der Waals surface area contributed by atoms with Crippen LogP contribution in [-0.4, -0.2) is 26.3 Å². The molecule has 0 bridgehead atoms. The van der Waals surface area contributed by atoms with Gasteiger partial charge in [-0.1, -0.05) is 42.5 Å². The second kappa shape index (κ2) is 6.96. The summed E-state index contributed by atoms with van der Waals surface area (Å²) in [6.45, 7) is 4.80. The number of benzene rings is 2. The van der Waals surface area contributed by atoms with E-state index in [1.54, 1.807) is 0 Å². The van der Waals surface area contributed by atoms with Crippen LogP contribution in [0, 0.1) is 13.8 Å². The maximum Gasteiger partial charge on any atom is 0.197 e. The average Bonchev–Trinajstić information content (AvgIpc) is 3.00. The molecule has 0 saturated heterocycles. The van der Waals surface area contributed by atoms with E-state index in [4.69, 9.17) is 9.97 Å². The van der Waals surface area contributed by atoms with Crippen LogP contribution in [0.15, 0.2) is 60.7 Å². The predicted octanol–water partition coefficient (Wildman–Crippen LogP) is 4.09. The first-order valence-corrected chi connectivity index (χ1v) is 8.79. The molecule has 4 aromatic rings. The molecule has 0 amide bonds. The van der Waals surface area contributed by atoms with Crippen LogP contribution >= 0.6 is 0 Å². The predicted molar refractivity (Wildman–Crippen MR) is 105 cm³/mol. The summed E-state index contributed by atoms with van der Waals surface area (Å²) in [4.78, 5) is 9.62. The molecule has 0 unspecified atom stereocenters. The molecular formula is C21H21N5. The minimum absolute atomic E-state index is 0.738. The lowest BCUT2D eigenvalue weighted by Gasteiger charge is -2.13. The van der Waals surface area contributed by atoms with Crippen molar-refractivity contribution in [2.45, 2.75) is 20.3 Å². The molecule has 2 aromatic heterocycles. The van der Waals surface area contributed by atoms with Gasteiger partial charge < -0.3 is 5.32 Å². The van der Waals surface area contributed by atoms with E-state index >= 15 is 0 Å². The van der Waals surface area contributed by atoms with Crippen molar-refractivity contribution in [1.82, 2.24) is 19.7 Å². The van der Waals surface area contributed by atoms with Crippen molar-refractivity contribution in [1.29, 1.82) is 0 Å². The third kappa shape index (κ3) is 3.28. The highest BCUT2D eigenvalue weighted by molar-refractivity contribution is 5.78. The van der Waals surface area contributed by atoms with Gasteiger partial charge in [-0.2, -0.15) is 5.10 Å². The van der Waals surface area contributed by atoms with Gasteiger partial charge in [0, 0.05) is 12.2 Å². The minimum Gasteiger partial charge on any atom is -0.367 e. The fourth-order valence-electron chi connectivity index (χ4n) is 3.07. The van der Waals surface area contributed by atoms with Crippen molar-refractivity contribution in [3.05, 3.63) is 77.6 Å². The molecule has 0 spiro atoms. The first kappa shape index (κ1) is 16.3. The molecule has 1 N–H and O–H groups in total. The van der Waals surface area contributed by atoms with Crippen molar-refractivity contribution in [2.75, 3.05) is 11.9 Å². The Balaban J connectivity index is 1.69. The van der Waals surface area contributed by atoms with Crippen molar-refractivity contribution < 1.29 is 0 Å². The van der Waals surface area contributed by atoms with Gasteiger partial charge in [0.2, 0.25) is 0 Å². The molecule has 0 aliphatic carbocycles. The highest BCUT2D eigenvalue weighted by Gasteiger charge is 2.14. The zero-order chi connectivity index (χ0) is 17.9. The zero-order valence-electron chi connectivity index (χ0n) is 15.0. The summed E-state index contributed by atoms with van der Waals surface area (Å²) in [6, 6.07) is 20.4. The number of nitrogens with one attached hydrogen (secondary N) is 1. The molecule has 2 heterocycles. The van der Waals surface area contributed by atoms with Gasteiger partial charge in [-0.05, 0) is 44.0 Å². The average molecular weight is 343 g/mol. The number of fused-ring (bicyclic) bond motifs is 1. The van der Waals surface area contributed by atoms with E-state index in [9.17, 15) is 0 Å². The van der Waals surface area contributed by atoms with Gasteiger partial charge in [0.05, 0.1) is 16.7 Å². The molecule has 0 fully saturated rings. The Morgan fingerprint density at radius 2 is 1.58 bits per heavy atom. The number of para-hydroxylation sites is 2. The minimum atomic E-state index is 0.738. The standard InChI is InChI=1S/C21H21N5/c1-15-14-16(2)26(25-15)21-20(22-13-12-17-8-4-3-5-9-17)23-18-10-6-7-11-19(18)24-21/h3-11,14H,12-13H2,1-2H3,(H,22,23). The lowest BCUT2D eigenvalue weighted by atomic mass is 10.1. The third-order valence-corrected chi connectivity index (χ3v) is 4.31. The summed E-state index contributed by atoms with van der Waals surface area (Å²) < 4.78 is 1.86. The number of rotatable bonds is 5. The van der Waals surface area contributed by atoms with E-state index in [0.29, 0.717) is 0 Å². The molecule has 0 radical (unpaired) electrons. The number of anilines is 1. The first-order chi connectivity index (χ1) is 12.7. The normalized spacial score (nSPS) is 11.0. The molecular weight excluding hydrogens is 322 g/mol. The fourth-order valence-corrected chi connectivity index (χ4v) is 3.07. The Hall–Kier alpha value is -3.21. The van der Waals surface area contributed by atoms with E-state index in [2.05, 4.69) is 34.7 Å². The Morgan fingerprint density at radius 3 is 2.27 bits per heavy atom. The van der Waals surface area contributed by atoms with Gasteiger partial charge in [-0.15, -0.1) is 0 Å². The Kier molecular flexibility index (Phi) is 4.35. The van der Waals surface area contributed by atoms with E-state index in [1.165, 1.54) is 5.56 Å². The molecule has 0 atom stereocenters. The molecule has 26 heavy (non-hydrogen) atoms. The summed E-state index contributed by atoms with van der Waals surface area (Å²) >= 11 is 0. The molecule has 4 rings (SSSR count). The SMILES string of the molecule is Cc1cc(C)n(-c2nc3ccccc3nc2NCCc2ccccc2)n1. The monoisotopic (exact) mass is 343 g/mol. The van der Waals surface area contributed by atoms with Crippen LogP contribution in [0.3, 0.4) is 0 Å². The van der Waals surface area contributed by atoms with Gasteiger partial charge in [-0.25, -0.2) is 14.6 Å². The van der Waals surface area contributed by atoms with Crippen LogP contribution in [0.1, 0.15) is 17.0 Å². The maximum absolute atomic E-state index is 4.82. The topological polar surface area (TPSA) is 55.6 Å². The number of aromatic nitrogens is 4. The Bertz CT molecular complexity index is 1040. The second-order valence-corrected chi connectivity index (χ2v) is 6.39. The van der Waals surface area contributed by atoms with Gasteiger partial charge in [0.15, 0.2) is 11.6 Å². The molecule has 130 valence electrons. The molecule has 5 heteroatoms. The number of nitrogens with zero attached hydrogens (tertiary/aromatic N) is 4. The fraction of sp³-hybridized carbons (Fsp3) is 0.190. The first-order valence-electron chi connectivity index (χ1n) is 8.79. The van der Waals surface area contributed by atoms with Crippen molar-refractivity contribution in [3.63, 3.8) is 0 Å². The largest absolute Gasteiger partial charge is 0.367 e. The van der Waals surface area contributed by atoms with Crippen molar-refractivity contribution in [2.24, 2.45) is 0 Å². The van der Waals surface area contributed by atoms with Crippen LogP contribution in [-0.2, 0) is 6.42 Å². The Morgan fingerprint density at radius 1 is 0.885 bits per heavy atom. The van der Waals surface area contributed by atoms with Crippen LogP contribution in [0.4, 0.5) is 5.82 Å². The second-order valence-electron chi connectivity index (χ2n) is 6.39.